The van der Waals surface area contributed by atoms with Gasteiger partial charge in [0.25, 0.3) is 5.91 Å². The summed E-state index contributed by atoms with van der Waals surface area (Å²) in [6, 6.07) is 6.68. The number of amides is 1. The highest BCUT2D eigenvalue weighted by molar-refractivity contribution is 5.96. The largest absolute Gasteiger partial charge is 0.490 e. The van der Waals surface area contributed by atoms with Gasteiger partial charge in [-0.25, -0.2) is 5.43 Å². The predicted octanol–water partition coefficient (Wildman–Crippen LogP) is 3.24. The summed E-state index contributed by atoms with van der Waals surface area (Å²) in [4.78, 5) is 12.3. The molecule has 7 heteroatoms. The minimum absolute atomic E-state index is 0.354. The van der Waals surface area contributed by atoms with Crippen LogP contribution < -0.4 is 19.6 Å². The highest BCUT2D eigenvalue weighted by Crippen LogP contribution is 2.39. The molecule has 0 spiro atoms. The van der Waals surface area contributed by atoms with Gasteiger partial charge in [0.05, 0.1) is 32.3 Å². The van der Waals surface area contributed by atoms with E-state index in [0.29, 0.717) is 48.4 Å². The second-order valence-electron chi connectivity index (χ2n) is 4.82. The molecule has 1 amide bonds. The van der Waals surface area contributed by atoms with Gasteiger partial charge in [0, 0.05) is 5.56 Å². The molecule has 1 N–H and O–H groups in total. The molecule has 0 aliphatic heterocycles. The van der Waals surface area contributed by atoms with E-state index in [-0.39, 0.29) is 0 Å². The summed E-state index contributed by atoms with van der Waals surface area (Å²) >= 11 is 0. The first kappa shape index (κ1) is 18.4. The van der Waals surface area contributed by atoms with E-state index in [1.165, 1.54) is 12.5 Å². The van der Waals surface area contributed by atoms with Crippen LogP contribution in [0.4, 0.5) is 0 Å². The number of rotatable bonds is 9. The van der Waals surface area contributed by atoms with Crippen LogP contribution in [0.2, 0.25) is 0 Å². The van der Waals surface area contributed by atoms with Gasteiger partial charge in [0.15, 0.2) is 11.5 Å². The van der Waals surface area contributed by atoms with Gasteiger partial charge < -0.3 is 18.6 Å². The minimum atomic E-state index is -0.396. The molecule has 0 radical (unpaired) electrons. The van der Waals surface area contributed by atoms with E-state index < -0.39 is 5.91 Å². The van der Waals surface area contributed by atoms with Crippen molar-refractivity contribution >= 4 is 12.1 Å². The molecule has 0 saturated carbocycles. The van der Waals surface area contributed by atoms with Crippen LogP contribution in [-0.2, 0) is 0 Å². The maximum absolute atomic E-state index is 12.3. The third-order valence-electron chi connectivity index (χ3n) is 3.07. The molecule has 0 saturated heterocycles. The molecule has 1 heterocycles. The average molecular weight is 346 g/mol. The monoisotopic (exact) mass is 346 g/mol. The van der Waals surface area contributed by atoms with Gasteiger partial charge in [-0.3, -0.25) is 4.79 Å². The fourth-order valence-corrected chi connectivity index (χ4v) is 2.10. The molecule has 0 bridgehead atoms. The van der Waals surface area contributed by atoms with Crippen molar-refractivity contribution in [3.8, 4) is 17.2 Å². The third kappa shape index (κ3) is 5.00. The van der Waals surface area contributed by atoms with Crippen molar-refractivity contribution < 1.29 is 23.4 Å². The summed E-state index contributed by atoms with van der Waals surface area (Å²) in [5.74, 6) is 1.54. The van der Waals surface area contributed by atoms with Crippen LogP contribution in [0.25, 0.3) is 0 Å². The molecule has 1 aromatic heterocycles. The Morgan fingerprint density at radius 1 is 1.12 bits per heavy atom. The van der Waals surface area contributed by atoms with Crippen LogP contribution in [0.1, 0.15) is 36.9 Å². The number of ether oxygens (including phenoxy) is 3. The van der Waals surface area contributed by atoms with E-state index in [0.717, 1.165) is 0 Å². The van der Waals surface area contributed by atoms with E-state index in [2.05, 4.69) is 10.5 Å². The molecule has 0 aliphatic carbocycles. The molecular formula is C18H22N2O5. The molecule has 2 rings (SSSR count). The van der Waals surface area contributed by atoms with Crippen LogP contribution in [0, 0.1) is 0 Å². The van der Waals surface area contributed by atoms with E-state index in [9.17, 15) is 4.79 Å². The van der Waals surface area contributed by atoms with Gasteiger partial charge in [-0.15, -0.1) is 0 Å². The highest BCUT2D eigenvalue weighted by Gasteiger charge is 2.18. The summed E-state index contributed by atoms with van der Waals surface area (Å²) in [6.07, 6.45) is 2.94. The molecule has 2 aromatic rings. The second-order valence-corrected chi connectivity index (χ2v) is 4.82. The normalized spacial score (nSPS) is 10.7. The van der Waals surface area contributed by atoms with E-state index in [4.69, 9.17) is 18.6 Å². The van der Waals surface area contributed by atoms with Gasteiger partial charge in [-0.1, -0.05) is 0 Å². The first-order valence-electron chi connectivity index (χ1n) is 8.12. The summed E-state index contributed by atoms with van der Waals surface area (Å²) < 4.78 is 21.9. The summed E-state index contributed by atoms with van der Waals surface area (Å²) in [6.45, 7) is 6.92. The quantitative estimate of drug-likeness (QED) is 0.557. The zero-order valence-electron chi connectivity index (χ0n) is 14.6. The first-order chi connectivity index (χ1) is 12.2. The average Bonchev–Trinajstić information content (AvgIpc) is 3.11. The Hall–Kier alpha value is -2.96. The lowest BCUT2D eigenvalue weighted by atomic mass is 10.1. The summed E-state index contributed by atoms with van der Waals surface area (Å²) in [5, 5.41) is 3.87. The number of hydrazone groups is 1. The van der Waals surface area contributed by atoms with Crippen molar-refractivity contribution in [1.82, 2.24) is 5.43 Å². The van der Waals surface area contributed by atoms with E-state index in [1.54, 1.807) is 24.3 Å². The Bertz CT molecular complexity index is 683. The smallest absolute Gasteiger partial charge is 0.271 e. The van der Waals surface area contributed by atoms with Crippen LogP contribution >= 0.6 is 0 Å². The number of furan rings is 1. The highest BCUT2D eigenvalue weighted by atomic mass is 16.5. The maximum Gasteiger partial charge on any atom is 0.271 e. The van der Waals surface area contributed by atoms with Gasteiger partial charge in [-0.2, -0.15) is 5.10 Å². The van der Waals surface area contributed by atoms with Crippen molar-refractivity contribution in [2.45, 2.75) is 20.8 Å². The van der Waals surface area contributed by atoms with Gasteiger partial charge in [0.2, 0.25) is 5.75 Å². The van der Waals surface area contributed by atoms with Crippen LogP contribution in [0.5, 0.6) is 17.2 Å². The lowest BCUT2D eigenvalue weighted by Crippen LogP contribution is -2.18. The first-order valence-corrected chi connectivity index (χ1v) is 8.12. The van der Waals surface area contributed by atoms with E-state index >= 15 is 0 Å². The fourth-order valence-electron chi connectivity index (χ4n) is 2.10. The molecule has 0 unspecified atom stereocenters. The Kier molecular flexibility index (Phi) is 6.88. The van der Waals surface area contributed by atoms with Crippen molar-refractivity contribution in [2.75, 3.05) is 19.8 Å². The van der Waals surface area contributed by atoms with Crippen LogP contribution in [0.3, 0.4) is 0 Å². The Labute approximate surface area is 146 Å². The topological polar surface area (TPSA) is 82.3 Å². The molecular weight excluding hydrogens is 324 g/mol. The number of nitrogens with one attached hydrogen (secondary N) is 1. The molecule has 1 aromatic carbocycles. The lowest BCUT2D eigenvalue weighted by Gasteiger charge is -2.16. The minimum Gasteiger partial charge on any atom is -0.490 e. The molecule has 25 heavy (non-hydrogen) atoms. The number of hydrogen-bond acceptors (Lipinski definition) is 6. The van der Waals surface area contributed by atoms with Crippen molar-refractivity contribution in [3.63, 3.8) is 0 Å². The van der Waals surface area contributed by atoms with Crippen LogP contribution in [0.15, 0.2) is 40.0 Å². The van der Waals surface area contributed by atoms with Crippen molar-refractivity contribution in [1.29, 1.82) is 0 Å². The fraction of sp³-hybridized carbons (Fsp3) is 0.333. The second kappa shape index (κ2) is 9.36. The molecule has 7 nitrogen and oxygen atoms in total. The predicted molar refractivity (Wildman–Crippen MR) is 93.7 cm³/mol. The Morgan fingerprint density at radius 2 is 1.76 bits per heavy atom. The standard InChI is InChI=1S/C18H22N2O5/c1-4-22-15-10-13(11-16(23-5-2)17(15)24-6-3)18(21)20-19-12-14-8-7-9-25-14/h7-12H,4-6H2,1-3H3,(H,20,21). The molecule has 134 valence electrons. The molecule has 0 fully saturated rings. The van der Waals surface area contributed by atoms with Gasteiger partial charge >= 0.3 is 0 Å². The van der Waals surface area contributed by atoms with Crippen LogP contribution in [-0.4, -0.2) is 31.9 Å². The summed E-state index contributed by atoms with van der Waals surface area (Å²) in [5.41, 5.74) is 2.80. The van der Waals surface area contributed by atoms with Gasteiger partial charge in [0.1, 0.15) is 5.76 Å². The zero-order chi connectivity index (χ0) is 18.1. The molecule has 0 aliphatic rings. The van der Waals surface area contributed by atoms with Crippen molar-refractivity contribution in [3.05, 3.63) is 41.9 Å². The maximum atomic E-state index is 12.3. The number of benzene rings is 1. The Balaban J connectivity index is 2.24. The number of hydrogen-bond donors (Lipinski definition) is 1. The SMILES string of the molecule is CCOc1cc(C(=O)NN=Cc2ccco2)cc(OCC)c1OCC. The summed E-state index contributed by atoms with van der Waals surface area (Å²) in [7, 11) is 0. The Morgan fingerprint density at radius 3 is 2.28 bits per heavy atom. The third-order valence-corrected chi connectivity index (χ3v) is 3.07. The molecule has 0 atom stereocenters. The van der Waals surface area contributed by atoms with E-state index in [1.807, 2.05) is 20.8 Å². The number of carbonyl (C=O) groups excluding carboxylic acids is 1. The number of carbonyl (C=O) groups is 1. The number of nitrogens with zero attached hydrogens (tertiary/aromatic N) is 1. The lowest BCUT2D eigenvalue weighted by molar-refractivity contribution is 0.0954. The van der Waals surface area contributed by atoms with Crippen molar-refractivity contribution in [2.24, 2.45) is 5.10 Å². The van der Waals surface area contributed by atoms with Gasteiger partial charge in [-0.05, 0) is 45.0 Å². The zero-order valence-corrected chi connectivity index (χ0v) is 14.6.